The molecule has 0 aliphatic heterocycles. The third-order valence-electron chi connectivity index (χ3n) is 6.09. The number of nitrogens with zero attached hydrogens (tertiary/aromatic N) is 2. The van der Waals surface area contributed by atoms with Gasteiger partial charge in [-0.1, -0.05) is 53.5 Å². The normalized spacial score (nSPS) is 13.4. The van der Waals surface area contributed by atoms with Crippen molar-refractivity contribution in [1.29, 1.82) is 0 Å². The molecule has 3 aromatic carbocycles. The first kappa shape index (κ1) is 26.3. The molecule has 4 nitrogen and oxygen atoms in total. The number of aromatic nitrogens is 3. The van der Waals surface area contributed by atoms with Crippen LogP contribution in [-0.2, 0) is 18.1 Å². The van der Waals surface area contributed by atoms with Crippen molar-refractivity contribution in [2.75, 3.05) is 5.32 Å². The van der Waals surface area contributed by atoms with Crippen molar-refractivity contribution in [3.8, 4) is 0 Å². The average molecular weight is 600 g/mol. The van der Waals surface area contributed by atoms with Gasteiger partial charge in [0.05, 0.1) is 21.8 Å². The summed E-state index contributed by atoms with van der Waals surface area (Å²) in [6, 6.07) is 18.1. The Hall–Kier alpha value is -3.37. The summed E-state index contributed by atoms with van der Waals surface area (Å²) < 4.78 is 56.9. The van der Waals surface area contributed by atoms with Gasteiger partial charge in [-0.05, 0) is 63.5 Å². The molecule has 0 saturated heterocycles. The number of alkyl halides is 3. The van der Waals surface area contributed by atoms with E-state index < -0.39 is 23.1 Å². The molecule has 38 heavy (non-hydrogen) atoms. The van der Waals surface area contributed by atoms with Gasteiger partial charge in [0.2, 0.25) is 5.95 Å². The molecule has 0 saturated carbocycles. The van der Waals surface area contributed by atoms with Crippen LogP contribution in [0.25, 0.3) is 11.0 Å². The number of pyridine rings is 1. The summed E-state index contributed by atoms with van der Waals surface area (Å²) in [4.78, 5) is 12.2. The number of halogens is 6. The Morgan fingerprint density at radius 1 is 0.974 bits per heavy atom. The second kappa shape index (κ2) is 10.1. The first-order chi connectivity index (χ1) is 18.0. The predicted octanol–water partition coefficient (Wildman–Crippen LogP) is 6.92. The maximum Gasteiger partial charge on any atom is 0.416 e. The van der Waals surface area contributed by atoms with Crippen LogP contribution in [0.1, 0.15) is 22.4 Å². The van der Waals surface area contributed by atoms with Gasteiger partial charge in [-0.3, -0.25) is 4.98 Å². The van der Waals surface area contributed by atoms with Crippen LogP contribution in [0.5, 0.6) is 0 Å². The number of rotatable bonds is 6. The number of hydrogen-bond acceptors (Lipinski definition) is 3. The lowest BCUT2D eigenvalue weighted by Crippen LogP contribution is -2.40. The number of aromatic amines is 1. The standard InChI is InChI=1S/C27H17BBrClF4N4/c28-18-11-21(29)24-22(12-18)36-25(37-24)38-26(13-15-4-2-1-3-5-15,23-7-6-19(30)14-35-23)16-8-17(27(32,33)34)10-20(31)9-16/h1-12,14H,13H2,(H2,36,37,38)/t26-/m1/s1. The molecule has 1 atom stereocenters. The van der Waals surface area contributed by atoms with Gasteiger partial charge in [0, 0.05) is 17.1 Å². The van der Waals surface area contributed by atoms with Crippen molar-refractivity contribution in [1.82, 2.24) is 15.0 Å². The molecule has 0 spiro atoms. The van der Waals surface area contributed by atoms with E-state index in [2.05, 4.69) is 36.2 Å². The molecule has 2 radical (unpaired) electrons. The van der Waals surface area contributed by atoms with Crippen molar-refractivity contribution in [2.24, 2.45) is 0 Å². The third kappa shape index (κ3) is 5.28. The number of benzene rings is 3. The molecule has 0 fully saturated rings. The lowest BCUT2D eigenvalue weighted by molar-refractivity contribution is -0.137. The molecule has 5 aromatic rings. The van der Waals surface area contributed by atoms with Gasteiger partial charge in [0.25, 0.3) is 0 Å². The Balaban J connectivity index is 1.79. The second-order valence-corrected chi connectivity index (χ2v) is 10.1. The number of H-pyrrole nitrogens is 1. The molecule has 0 amide bonds. The molecule has 2 heterocycles. The average Bonchev–Trinajstić information content (AvgIpc) is 3.26. The summed E-state index contributed by atoms with van der Waals surface area (Å²) in [5.41, 5.74) is 0.0687. The summed E-state index contributed by atoms with van der Waals surface area (Å²) in [6.07, 6.45) is -3.29. The number of hydrogen-bond donors (Lipinski definition) is 2. The van der Waals surface area contributed by atoms with Gasteiger partial charge < -0.3 is 10.3 Å². The van der Waals surface area contributed by atoms with Crippen molar-refractivity contribution >= 4 is 57.8 Å². The fourth-order valence-corrected chi connectivity index (χ4v) is 5.09. The van der Waals surface area contributed by atoms with E-state index in [1.807, 2.05) is 30.3 Å². The molecular formula is C27H17BBrClF4N4. The maximum absolute atomic E-state index is 14.8. The number of fused-ring (bicyclic) bond motifs is 1. The zero-order valence-corrected chi connectivity index (χ0v) is 21.8. The Labute approximate surface area is 230 Å². The second-order valence-electron chi connectivity index (χ2n) is 8.77. The van der Waals surface area contributed by atoms with Gasteiger partial charge in [-0.2, -0.15) is 13.2 Å². The van der Waals surface area contributed by atoms with Crippen LogP contribution in [0.3, 0.4) is 0 Å². The van der Waals surface area contributed by atoms with E-state index in [1.165, 1.54) is 6.20 Å². The molecule has 2 N–H and O–H groups in total. The summed E-state index contributed by atoms with van der Waals surface area (Å²) in [5.74, 6) is -0.819. The molecular weight excluding hydrogens is 582 g/mol. The van der Waals surface area contributed by atoms with Gasteiger partial charge in [-0.15, -0.1) is 0 Å². The minimum atomic E-state index is -4.77. The Bertz CT molecular complexity index is 1610. The van der Waals surface area contributed by atoms with Crippen LogP contribution in [0.4, 0.5) is 23.5 Å². The van der Waals surface area contributed by atoms with Gasteiger partial charge in [0.1, 0.15) is 24.7 Å². The highest BCUT2D eigenvalue weighted by Crippen LogP contribution is 2.40. The van der Waals surface area contributed by atoms with E-state index in [0.717, 1.165) is 17.7 Å². The van der Waals surface area contributed by atoms with E-state index in [9.17, 15) is 17.6 Å². The maximum atomic E-state index is 14.8. The van der Waals surface area contributed by atoms with Crippen LogP contribution in [-0.4, -0.2) is 22.8 Å². The monoisotopic (exact) mass is 598 g/mol. The molecule has 11 heteroatoms. The zero-order chi connectivity index (χ0) is 27.1. The quantitative estimate of drug-likeness (QED) is 0.165. The first-order valence-electron chi connectivity index (χ1n) is 11.3. The van der Waals surface area contributed by atoms with E-state index in [0.29, 0.717) is 37.8 Å². The van der Waals surface area contributed by atoms with Crippen molar-refractivity contribution < 1.29 is 17.6 Å². The van der Waals surface area contributed by atoms with E-state index >= 15 is 0 Å². The largest absolute Gasteiger partial charge is 0.416 e. The summed E-state index contributed by atoms with van der Waals surface area (Å²) in [7, 11) is 5.96. The molecule has 2 aromatic heterocycles. The number of nitrogens with one attached hydrogen (secondary N) is 2. The molecule has 0 aliphatic carbocycles. The van der Waals surface area contributed by atoms with Crippen LogP contribution >= 0.6 is 27.5 Å². The van der Waals surface area contributed by atoms with E-state index in [4.69, 9.17) is 19.4 Å². The predicted molar refractivity (Wildman–Crippen MR) is 144 cm³/mol. The van der Waals surface area contributed by atoms with E-state index in [1.54, 1.807) is 24.3 Å². The Morgan fingerprint density at radius 3 is 2.39 bits per heavy atom. The van der Waals surface area contributed by atoms with Gasteiger partial charge in [-0.25, -0.2) is 9.37 Å². The fraction of sp³-hybridized carbons (Fsp3) is 0.111. The topological polar surface area (TPSA) is 53.6 Å². The first-order valence-corrected chi connectivity index (χ1v) is 12.5. The number of anilines is 1. The van der Waals surface area contributed by atoms with Crippen LogP contribution in [0.15, 0.2) is 83.5 Å². The third-order valence-corrected chi connectivity index (χ3v) is 6.92. The molecule has 190 valence electrons. The smallest absolute Gasteiger partial charge is 0.340 e. The van der Waals surface area contributed by atoms with Gasteiger partial charge >= 0.3 is 6.18 Å². The van der Waals surface area contributed by atoms with Gasteiger partial charge in [0.15, 0.2) is 0 Å². The molecule has 0 aliphatic rings. The van der Waals surface area contributed by atoms with Crippen molar-refractivity contribution in [3.05, 3.63) is 117 Å². The minimum Gasteiger partial charge on any atom is -0.340 e. The molecule has 5 rings (SSSR count). The highest BCUT2D eigenvalue weighted by atomic mass is 79.9. The van der Waals surface area contributed by atoms with Crippen LogP contribution in [0.2, 0.25) is 5.02 Å². The number of imidazole rings is 1. The summed E-state index contributed by atoms with van der Waals surface area (Å²) in [5, 5.41) is 3.60. The van der Waals surface area contributed by atoms with Crippen molar-refractivity contribution in [3.63, 3.8) is 0 Å². The Morgan fingerprint density at radius 2 is 1.71 bits per heavy atom. The summed E-state index contributed by atoms with van der Waals surface area (Å²) in [6.45, 7) is 0. The molecule has 0 unspecified atom stereocenters. The fourth-order valence-electron chi connectivity index (χ4n) is 4.41. The zero-order valence-electron chi connectivity index (χ0n) is 19.5. The Kier molecular flexibility index (Phi) is 6.96. The highest BCUT2D eigenvalue weighted by Gasteiger charge is 2.40. The van der Waals surface area contributed by atoms with Crippen LogP contribution < -0.4 is 10.8 Å². The lowest BCUT2D eigenvalue weighted by Gasteiger charge is -2.36. The van der Waals surface area contributed by atoms with Crippen molar-refractivity contribution in [2.45, 2.75) is 18.1 Å². The van der Waals surface area contributed by atoms with Crippen LogP contribution in [0, 0.1) is 5.82 Å². The highest BCUT2D eigenvalue weighted by molar-refractivity contribution is 9.10. The SMILES string of the molecule is [B]c1cc(Br)c2nc(N[C@](Cc3ccccc3)(c3cc(F)cc(C(F)(F)F)c3)c3ccc(Cl)cn3)[nH]c2c1. The minimum absolute atomic E-state index is 0.00235. The molecule has 0 bridgehead atoms. The lowest BCUT2D eigenvalue weighted by atomic mass is 9.80. The van der Waals surface area contributed by atoms with E-state index in [-0.39, 0.29) is 17.9 Å². The summed E-state index contributed by atoms with van der Waals surface area (Å²) >= 11 is 9.54.